The van der Waals surface area contributed by atoms with Crippen molar-refractivity contribution in [3.05, 3.63) is 16.6 Å². The molecule has 0 spiro atoms. The summed E-state index contributed by atoms with van der Waals surface area (Å²) in [5, 5.41) is 8.17. The maximum Gasteiger partial charge on any atom is 0.234 e. The third-order valence-corrected chi connectivity index (χ3v) is 3.39. The van der Waals surface area contributed by atoms with Crippen LogP contribution in [0, 0.1) is 0 Å². The van der Waals surface area contributed by atoms with Crippen molar-refractivity contribution in [1.82, 2.24) is 20.5 Å². The van der Waals surface area contributed by atoms with Crippen molar-refractivity contribution in [3.8, 4) is 0 Å². The van der Waals surface area contributed by atoms with Crippen LogP contribution in [0.3, 0.4) is 0 Å². The van der Waals surface area contributed by atoms with Gasteiger partial charge in [0.2, 0.25) is 5.91 Å². The number of hydrogen-bond donors (Lipinski definition) is 2. The van der Waals surface area contributed by atoms with E-state index in [1.807, 2.05) is 5.38 Å². The van der Waals surface area contributed by atoms with Gasteiger partial charge in [-0.25, -0.2) is 4.98 Å². The molecule has 1 aliphatic heterocycles. The van der Waals surface area contributed by atoms with Crippen molar-refractivity contribution in [2.45, 2.75) is 13.0 Å². The lowest BCUT2D eigenvalue weighted by Gasteiger charge is -2.18. The molecular formula is C11H18N4OS. The second-order valence-electron chi connectivity index (χ2n) is 4.14. The highest BCUT2D eigenvalue weighted by Crippen LogP contribution is 2.00. The first-order chi connectivity index (χ1) is 8.34. The summed E-state index contributed by atoms with van der Waals surface area (Å²) < 4.78 is 0. The van der Waals surface area contributed by atoms with E-state index in [-0.39, 0.29) is 5.91 Å². The second-order valence-corrected chi connectivity index (χ2v) is 4.85. The van der Waals surface area contributed by atoms with Gasteiger partial charge >= 0.3 is 0 Å². The maximum absolute atomic E-state index is 11.7. The van der Waals surface area contributed by atoms with Gasteiger partial charge < -0.3 is 10.6 Å². The van der Waals surface area contributed by atoms with Gasteiger partial charge in [-0.3, -0.25) is 9.69 Å². The van der Waals surface area contributed by atoms with Gasteiger partial charge in [0, 0.05) is 18.5 Å². The minimum atomic E-state index is 0.0832. The molecule has 17 heavy (non-hydrogen) atoms. The van der Waals surface area contributed by atoms with Gasteiger partial charge in [0.25, 0.3) is 0 Å². The summed E-state index contributed by atoms with van der Waals surface area (Å²) in [5.74, 6) is 0.0832. The fourth-order valence-corrected chi connectivity index (χ4v) is 2.39. The van der Waals surface area contributed by atoms with Crippen molar-refractivity contribution in [1.29, 1.82) is 0 Å². The number of nitrogens with one attached hydrogen (secondary N) is 2. The minimum Gasteiger partial charge on any atom is -0.349 e. The lowest BCUT2D eigenvalue weighted by Crippen LogP contribution is -2.38. The number of carbonyl (C=O) groups excluding carboxylic acids is 1. The molecule has 0 aromatic carbocycles. The normalized spacial score (nSPS) is 17.6. The van der Waals surface area contributed by atoms with E-state index in [0.29, 0.717) is 13.1 Å². The van der Waals surface area contributed by atoms with E-state index < -0.39 is 0 Å². The summed E-state index contributed by atoms with van der Waals surface area (Å²) >= 11 is 1.55. The summed E-state index contributed by atoms with van der Waals surface area (Å²) in [4.78, 5) is 18.0. The van der Waals surface area contributed by atoms with Crippen LogP contribution in [-0.4, -0.2) is 48.5 Å². The van der Waals surface area contributed by atoms with Crippen LogP contribution in [0.15, 0.2) is 10.9 Å². The second kappa shape index (κ2) is 6.68. The van der Waals surface area contributed by atoms with Crippen LogP contribution in [0.1, 0.15) is 12.1 Å². The van der Waals surface area contributed by atoms with E-state index in [0.717, 1.165) is 38.3 Å². The Morgan fingerprint density at radius 1 is 1.53 bits per heavy atom. The molecule has 0 atom stereocenters. The SMILES string of the molecule is O=C(CN1CCCNCC1)NCc1cscn1. The average molecular weight is 254 g/mol. The zero-order valence-electron chi connectivity index (χ0n) is 9.82. The van der Waals surface area contributed by atoms with E-state index in [1.165, 1.54) is 0 Å². The van der Waals surface area contributed by atoms with Gasteiger partial charge in [-0.1, -0.05) is 0 Å². The van der Waals surface area contributed by atoms with Crippen LogP contribution in [0.2, 0.25) is 0 Å². The van der Waals surface area contributed by atoms with Crippen LogP contribution in [0.5, 0.6) is 0 Å². The molecule has 6 heteroatoms. The smallest absolute Gasteiger partial charge is 0.234 e. The molecular weight excluding hydrogens is 236 g/mol. The van der Waals surface area contributed by atoms with Gasteiger partial charge in [-0.15, -0.1) is 11.3 Å². The molecule has 1 amide bonds. The molecule has 0 radical (unpaired) electrons. The Balaban J connectivity index is 1.69. The molecule has 5 nitrogen and oxygen atoms in total. The molecule has 0 saturated carbocycles. The van der Waals surface area contributed by atoms with Crippen LogP contribution in [0.4, 0.5) is 0 Å². The fraction of sp³-hybridized carbons (Fsp3) is 0.636. The summed E-state index contributed by atoms with van der Waals surface area (Å²) in [6.07, 6.45) is 1.11. The molecule has 2 heterocycles. The highest BCUT2D eigenvalue weighted by molar-refractivity contribution is 7.07. The van der Waals surface area contributed by atoms with Gasteiger partial charge in [0.15, 0.2) is 0 Å². The van der Waals surface area contributed by atoms with E-state index in [1.54, 1.807) is 16.8 Å². The highest BCUT2D eigenvalue weighted by Gasteiger charge is 2.12. The highest BCUT2D eigenvalue weighted by atomic mass is 32.1. The van der Waals surface area contributed by atoms with Crippen molar-refractivity contribution < 1.29 is 4.79 Å². The number of thiazole rings is 1. The summed E-state index contributed by atoms with van der Waals surface area (Å²) in [6.45, 7) is 5.00. The van der Waals surface area contributed by atoms with Crippen LogP contribution in [0.25, 0.3) is 0 Å². The quantitative estimate of drug-likeness (QED) is 0.797. The molecule has 2 rings (SSSR count). The first-order valence-corrected chi connectivity index (χ1v) is 6.86. The van der Waals surface area contributed by atoms with Crippen molar-refractivity contribution >= 4 is 17.2 Å². The number of carbonyl (C=O) groups is 1. The van der Waals surface area contributed by atoms with E-state index in [9.17, 15) is 4.79 Å². The number of hydrogen-bond acceptors (Lipinski definition) is 5. The monoisotopic (exact) mass is 254 g/mol. The molecule has 0 bridgehead atoms. The summed E-state index contributed by atoms with van der Waals surface area (Å²) in [5.41, 5.74) is 2.71. The van der Waals surface area contributed by atoms with Gasteiger partial charge in [-0.05, 0) is 19.5 Å². The van der Waals surface area contributed by atoms with Gasteiger partial charge in [0.05, 0.1) is 24.3 Å². The van der Waals surface area contributed by atoms with Crippen LogP contribution in [-0.2, 0) is 11.3 Å². The lowest BCUT2D eigenvalue weighted by molar-refractivity contribution is -0.122. The molecule has 2 N–H and O–H groups in total. The molecule has 1 aromatic heterocycles. The van der Waals surface area contributed by atoms with Crippen LogP contribution >= 0.6 is 11.3 Å². The van der Waals surface area contributed by atoms with E-state index in [4.69, 9.17) is 0 Å². The third kappa shape index (κ3) is 4.41. The fourth-order valence-electron chi connectivity index (χ4n) is 1.83. The van der Waals surface area contributed by atoms with Gasteiger partial charge in [0.1, 0.15) is 0 Å². The number of amides is 1. The largest absolute Gasteiger partial charge is 0.349 e. The first kappa shape index (κ1) is 12.5. The predicted molar refractivity (Wildman–Crippen MR) is 67.9 cm³/mol. The van der Waals surface area contributed by atoms with E-state index >= 15 is 0 Å². The summed E-state index contributed by atoms with van der Waals surface area (Å²) in [7, 11) is 0. The molecule has 0 aliphatic carbocycles. The Morgan fingerprint density at radius 2 is 2.47 bits per heavy atom. The molecule has 1 aliphatic rings. The Morgan fingerprint density at radius 3 is 3.29 bits per heavy atom. The number of nitrogens with zero attached hydrogens (tertiary/aromatic N) is 2. The van der Waals surface area contributed by atoms with Crippen molar-refractivity contribution in [3.63, 3.8) is 0 Å². The summed E-state index contributed by atoms with van der Waals surface area (Å²) in [6, 6.07) is 0. The third-order valence-electron chi connectivity index (χ3n) is 2.75. The Hall–Kier alpha value is -0.980. The Labute approximate surface area is 105 Å². The number of rotatable bonds is 4. The Bertz CT molecular complexity index is 333. The molecule has 1 fully saturated rings. The predicted octanol–water partition coefficient (Wildman–Crippen LogP) is 0.0546. The molecule has 1 aromatic rings. The zero-order valence-corrected chi connectivity index (χ0v) is 10.6. The molecule has 1 saturated heterocycles. The number of aromatic nitrogens is 1. The first-order valence-electron chi connectivity index (χ1n) is 5.91. The molecule has 0 unspecified atom stereocenters. The lowest BCUT2D eigenvalue weighted by atomic mass is 10.3. The van der Waals surface area contributed by atoms with Gasteiger partial charge in [-0.2, -0.15) is 0 Å². The van der Waals surface area contributed by atoms with E-state index in [2.05, 4.69) is 20.5 Å². The standard InChI is InChI=1S/C11H18N4OS/c16-11(13-6-10-8-17-9-14-10)7-15-4-1-2-12-3-5-15/h8-9,12H,1-7H2,(H,13,16). The zero-order chi connectivity index (χ0) is 11.9. The average Bonchev–Trinajstić information content (AvgIpc) is 2.72. The Kier molecular flexibility index (Phi) is 4.90. The maximum atomic E-state index is 11.7. The van der Waals surface area contributed by atoms with Crippen LogP contribution < -0.4 is 10.6 Å². The molecule has 94 valence electrons. The van der Waals surface area contributed by atoms with Crippen molar-refractivity contribution in [2.75, 3.05) is 32.7 Å². The van der Waals surface area contributed by atoms with Crippen molar-refractivity contribution in [2.24, 2.45) is 0 Å². The topological polar surface area (TPSA) is 57.3 Å². The minimum absolute atomic E-state index is 0.0832.